The zero-order valence-electron chi connectivity index (χ0n) is 84.5. The van der Waals surface area contributed by atoms with Crippen LogP contribution in [0.2, 0.25) is 0 Å². The Kier molecular flexibility index (Phi) is 33.5. The summed E-state index contributed by atoms with van der Waals surface area (Å²) in [5.74, 6) is 1.49. The second-order valence-electron chi connectivity index (χ2n) is 39.2. The van der Waals surface area contributed by atoms with Crippen molar-refractivity contribution in [1.82, 2.24) is 29.4 Å². The fourth-order valence-corrected chi connectivity index (χ4v) is 30.4. The maximum Gasteiger partial charge on any atom is 0.261 e. The number of hydrogen-bond donors (Lipinski definition) is 0. The Hall–Kier alpha value is -9.98. The van der Waals surface area contributed by atoms with Crippen LogP contribution in [0.4, 0.5) is 17.1 Å². The Balaban J connectivity index is 0.666. The van der Waals surface area contributed by atoms with Crippen molar-refractivity contribution in [2.45, 2.75) is 237 Å². The molecule has 740 valence electrons. The van der Waals surface area contributed by atoms with Crippen LogP contribution in [0.3, 0.4) is 0 Å². The van der Waals surface area contributed by atoms with Gasteiger partial charge in [-0.2, -0.15) is 0 Å². The van der Waals surface area contributed by atoms with Crippen molar-refractivity contribution >= 4 is 189 Å². The van der Waals surface area contributed by atoms with E-state index in [1.165, 1.54) is 0 Å². The molecule has 12 aromatic rings. The maximum atomic E-state index is 15.5. The topological polar surface area (TPSA) is 125 Å². The van der Waals surface area contributed by atoms with Gasteiger partial charge >= 0.3 is 0 Å². The van der Waals surface area contributed by atoms with Gasteiger partial charge in [-0.25, -0.2) is 0 Å². The van der Waals surface area contributed by atoms with Gasteiger partial charge in [0, 0.05) is 100 Å². The third-order valence-corrected chi connectivity index (χ3v) is 39.9. The third kappa shape index (κ3) is 20.7. The van der Waals surface area contributed by atoms with E-state index >= 15 is 28.8 Å². The van der Waals surface area contributed by atoms with E-state index < -0.39 is 0 Å². The molecular formula is C120H135N7O6S9. The number of unbranched alkanes of at least 4 members (excludes halogenated alkanes) is 6. The molecule has 142 heavy (non-hydrogen) atoms. The Morgan fingerprint density at radius 3 is 0.563 bits per heavy atom. The van der Waals surface area contributed by atoms with Gasteiger partial charge < -0.3 is 34.3 Å². The number of thiophene rings is 9. The Morgan fingerprint density at radius 2 is 0.387 bits per heavy atom. The van der Waals surface area contributed by atoms with Gasteiger partial charge in [0.15, 0.2) is 0 Å². The molecule has 15 heterocycles. The van der Waals surface area contributed by atoms with Crippen molar-refractivity contribution in [3.05, 3.63) is 261 Å². The molecule has 18 rings (SSSR count). The van der Waals surface area contributed by atoms with E-state index in [2.05, 4.69) is 268 Å². The second-order valence-corrected chi connectivity index (χ2v) is 48.6. The summed E-state index contributed by atoms with van der Waals surface area (Å²) in [6, 6.07) is 65.5. The molecule has 0 aliphatic carbocycles. The van der Waals surface area contributed by atoms with E-state index in [1.807, 2.05) is 47.6 Å². The van der Waals surface area contributed by atoms with E-state index in [9.17, 15) is 0 Å². The van der Waals surface area contributed by atoms with Crippen LogP contribution in [0.15, 0.2) is 232 Å². The molecule has 6 aliphatic rings. The third-order valence-electron chi connectivity index (χ3n) is 30.0. The molecule has 6 atom stereocenters. The van der Waals surface area contributed by atoms with Crippen molar-refractivity contribution in [1.29, 1.82) is 0 Å². The average Bonchev–Trinajstić information content (AvgIpc) is 1.56. The van der Waals surface area contributed by atoms with E-state index in [1.54, 1.807) is 102 Å². The molecule has 6 unspecified atom stereocenters. The van der Waals surface area contributed by atoms with Gasteiger partial charge in [0.05, 0.1) is 96.9 Å². The fraction of sp³-hybridized carbons (Fsp3) is 0.400. The highest BCUT2D eigenvalue weighted by molar-refractivity contribution is 7.25. The lowest BCUT2D eigenvalue weighted by molar-refractivity contribution is -0.124. The van der Waals surface area contributed by atoms with Gasteiger partial charge in [-0.05, 0) is 234 Å². The molecular weight excluding hydrogens is 1920 g/mol. The zero-order valence-corrected chi connectivity index (χ0v) is 91.8. The Bertz CT molecular complexity index is 6060. The summed E-state index contributed by atoms with van der Waals surface area (Å²) < 4.78 is 0. The molecule has 13 nitrogen and oxygen atoms in total. The van der Waals surface area contributed by atoms with Gasteiger partial charge in [0.1, 0.15) is 0 Å². The second kappa shape index (κ2) is 46.6. The summed E-state index contributed by atoms with van der Waals surface area (Å²) in [5.41, 5.74) is 14.3. The first-order valence-corrected chi connectivity index (χ1v) is 60.2. The molecule has 22 heteroatoms. The molecule has 0 N–H and O–H groups in total. The summed E-state index contributed by atoms with van der Waals surface area (Å²) in [7, 11) is 0. The minimum Gasteiger partial charge on any atom is -0.311 e. The first-order chi connectivity index (χ1) is 69.4. The predicted molar refractivity (Wildman–Crippen MR) is 606 cm³/mol. The SMILES string of the molecule is CCCCC(CC)CN1C(=O)C2=C(c3ccc(-c4ccc(-c5ccc(N(c6ccc(-c7ccc(-c8ccc(C9=C%10C(=O)N(CC(CC)CCCC)C(c%11cccs%11)=C%10C(=O)N9CC(CC)CCCC)s8)s7)cc6)c6ccc(-c7ccc(-c8ccc(C9=C%10C(=O)N(CC(CC)CCCC)C(c%11cccs%11)=C%10C(=O)N9CC(CC)CCCC)s8)s7)cc6)cc5)s4)s3)N(CC(CC)CCCC)C(=O)C2=C1c1cccs1. The van der Waals surface area contributed by atoms with Gasteiger partial charge in [0.2, 0.25) is 0 Å². The summed E-state index contributed by atoms with van der Waals surface area (Å²) in [4.78, 5) is 123. The molecule has 9 aromatic heterocycles. The molecule has 0 saturated carbocycles. The standard InChI is InChI=1S/C120H135N7O6S9/c1-13-25-34-76(19-7)70-121-109(97-40-31-67-134-97)103-106(118(121)131)112(124(115(103)128)73-79(22-10)37-28-16-4)100-64-61-94(140-100)91-58-55-88(137-91)82-43-49-85(50-44-82)127(86-51-45-83(46-52-86)89-56-59-92(138-89)95-62-65-101(141-95)113-107-104(116(129)125(113)74-80(23-11)38-29-17-5)110(98-41-32-68-135-98)122(119(107)132)71-77(20-8)35-26-14-2)87-53-47-84(48-54-87)90-57-60-93(139-90)96-63-66-102(142-96)114-108-105(117(130)126(114)75-81(24-12)39-30-18-6)111(99-42-33-69-136-99)123(120(108)133)72-78(21-9)36-27-15-3/h31-33,40-69,76-81H,13-30,34-39,70-75H2,1-12H3. The average molecular weight is 2060 g/mol. The van der Waals surface area contributed by atoms with E-state index in [-0.39, 0.29) is 35.4 Å². The molecule has 3 aromatic carbocycles. The molecule has 0 spiro atoms. The number of carbonyl (C=O) groups is 6. The predicted octanol–water partition coefficient (Wildman–Crippen LogP) is 34.4. The van der Waals surface area contributed by atoms with Crippen LogP contribution in [-0.2, 0) is 28.8 Å². The monoisotopic (exact) mass is 2060 g/mol. The van der Waals surface area contributed by atoms with Gasteiger partial charge in [-0.1, -0.05) is 253 Å². The highest BCUT2D eigenvalue weighted by atomic mass is 32.1. The minimum absolute atomic E-state index is 0.0564. The van der Waals surface area contributed by atoms with E-state index in [4.69, 9.17) is 0 Å². The van der Waals surface area contributed by atoms with E-state index in [0.29, 0.717) is 108 Å². The molecule has 0 fully saturated rings. The van der Waals surface area contributed by atoms with Crippen LogP contribution < -0.4 is 4.90 Å². The number of amides is 6. The minimum atomic E-state index is -0.0564. The van der Waals surface area contributed by atoms with E-state index in [0.717, 1.165) is 295 Å². The first kappa shape index (κ1) is 102. The summed E-state index contributed by atoms with van der Waals surface area (Å²) in [6.45, 7) is 30.2. The smallest absolute Gasteiger partial charge is 0.261 e. The highest BCUT2D eigenvalue weighted by Gasteiger charge is 2.54. The number of rotatable bonds is 51. The summed E-state index contributed by atoms with van der Waals surface area (Å²) >= 11 is 15.1. The number of fused-ring (bicyclic) bond motifs is 3. The maximum absolute atomic E-state index is 15.5. The number of carbonyl (C=O) groups excluding carboxylic acids is 6. The van der Waals surface area contributed by atoms with Gasteiger partial charge in [-0.15, -0.1) is 102 Å². The zero-order chi connectivity index (χ0) is 98.9. The van der Waals surface area contributed by atoms with Crippen LogP contribution in [0.1, 0.15) is 266 Å². The lowest BCUT2D eigenvalue weighted by Gasteiger charge is -2.29. The van der Waals surface area contributed by atoms with Crippen molar-refractivity contribution in [3.63, 3.8) is 0 Å². The number of anilines is 3. The number of hydrogen-bond acceptors (Lipinski definition) is 16. The molecule has 0 saturated heterocycles. The van der Waals surface area contributed by atoms with Crippen LogP contribution >= 0.6 is 102 Å². The molecule has 0 radical (unpaired) electrons. The lowest BCUT2D eigenvalue weighted by atomic mass is 9.98. The van der Waals surface area contributed by atoms with Crippen LogP contribution in [0.25, 0.3) is 94.8 Å². The van der Waals surface area contributed by atoms with Crippen LogP contribution in [-0.4, -0.2) is 104 Å². The van der Waals surface area contributed by atoms with Crippen LogP contribution in [0, 0.1) is 35.5 Å². The van der Waals surface area contributed by atoms with Crippen molar-refractivity contribution in [2.75, 3.05) is 44.2 Å². The number of benzene rings is 3. The quantitative estimate of drug-likeness (QED) is 0.0372. The Labute approximate surface area is 877 Å². The molecule has 6 amide bonds. The van der Waals surface area contributed by atoms with Gasteiger partial charge in [0.25, 0.3) is 35.4 Å². The molecule has 0 bridgehead atoms. The van der Waals surface area contributed by atoms with Crippen molar-refractivity contribution in [2.24, 2.45) is 35.5 Å². The summed E-state index contributed by atoms with van der Waals surface area (Å²) in [6.07, 6.45) is 25.0. The summed E-state index contributed by atoms with van der Waals surface area (Å²) in [5, 5.41) is 6.17. The largest absolute Gasteiger partial charge is 0.311 e. The number of nitrogens with zero attached hydrogens (tertiary/aromatic N) is 7. The first-order valence-electron chi connectivity index (χ1n) is 52.6. The van der Waals surface area contributed by atoms with Crippen molar-refractivity contribution < 1.29 is 28.8 Å². The lowest BCUT2D eigenvalue weighted by Crippen LogP contribution is -2.34. The molecule has 6 aliphatic heterocycles. The highest BCUT2D eigenvalue weighted by Crippen LogP contribution is 2.57. The fourth-order valence-electron chi connectivity index (χ4n) is 21.5. The van der Waals surface area contributed by atoms with Gasteiger partial charge in [-0.3, -0.25) is 28.8 Å². The Morgan fingerprint density at radius 1 is 0.211 bits per heavy atom. The normalized spacial score (nSPS) is 16.4. The van der Waals surface area contributed by atoms with Crippen molar-refractivity contribution in [3.8, 4) is 60.6 Å². The van der Waals surface area contributed by atoms with Crippen LogP contribution in [0.5, 0.6) is 0 Å².